The number of carboxylic acids is 1. The zero-order valence-corrected chi connectivity index (χ0v) is 23.8. The van der Waals surface area contributed by atoms with Gasteiger partial charge in [0.05, 0.1) is 6.04 Å². The van der Waals surface area contributed by atoms with E-state index in [1.54, 1.807) is 20.8 Å². The van der Waals surface area contributed by atoms with Crippen molar-refractivity contribution in [2.75, 3.05) is 6.54 Å². The molecule has 5 atom stereocenters. The van der Waals surface area contributed by atoms with E-state index in [9.17, 15) is 37.9 Å². The molecule has 3 amide bonds. The molecule has 40 heavy (non-hydrogen) atoms. The first-order valence-corrected chi connectivity index (χ1v) is 14.2. The van der Waals surface area contributed by atoms with Crippen molar-refractivity contribution in [3.63, 3.8) is 0 Å². The highest BCUT2D eigenvalue weighted by molar-refractivity contribution is 6.35. The molecule has 0 spiro atoms. The minimum absolute atomic E-state index is 0.0119. The van der Waals surface area contributed by atoms with Crippen LogP contribution in [0, 0.1) is 29.1 Å². The van der Waals surface area contributed by atoms with E-state index in [0.29, 0.717) is 0 Å². The first kappa shape index (κ1) is 30.2. The predicted molar refractivity (Wildman–Crippen MR) is 138 cm³/mol. The van der Waals surface area contributed by atoms with Gasteiger partial charge in [-0.1, -0.05) is 26.7 Å². The van der Waals surface area contributed by atoms with Gasteiger partial charge in [0.1, 0.15) is 17.7 Å². The molecule has 0 aromatic heterocycles. The average Bonchev–Trinajstić information content (AvgIpc) is 3.67. The summed E-state index contributed by atoms with van der Waals surface area (Å²) in [6.45, 7) is 9.18. The number of nitrogens with one attached hydrogen (secondary N) is 2. The number of alkyl halides is 2. The topological polar surface area (TPSA) is 142 Å². The van der Waals surface area contributed by atoms with Crippen molar-refractivity contribution in [1.29, 1.82) is 0 Å². The van der Waals surface area contributed by atoms with Crippen LogP contribution in [0.3, 0.4) is 0 Å². The Balaban J connectivity index is 1.57. The third-order valence-corrected chi connectivity index (χ3v) is 9.04. The number of hydrogen-bond donors (Lipinski definition) is 3. The Morgan fingerprint density at radius 3 is 2.15 bits per heavy atom. The first-order chi connectivity index (χ1) is 18.4. The van der Waals surface area contributed by atoms with Crippen molar-refractivity contribution in [1.82, 2.24) is 15.5 Å². The second kappa shape index (κ2) is 10.6. The number of aliphatic carboxylic acids is 1. The maximum Gasteiger partial charge on any atom is 0.408 e. The van der Waals surface area contributed by atoms with Crippen LogP contribution in [0.1, 0.15) is 79.6 Å². The summed E-state index contributed by atoms with van der Waals surface area (Å²) in [5, 5.41) is 14.5. The summed E-state index contributed by atoms with van der Waals surface area (Å²) < 4.78 is 33.2. The van der Waals surface area contributed by atoms with E-state index in [1.165, 1.54) is 4.90 Å². The van der Waals surface area contributed by atoms with Gasteiger partial charge in [0.15, 0.2) is 0 Å². The molecule has 1 heterocycles. The number of rotatable bonds is 9. The quantitative estimate of drug-likeness (QED) is 0.362. The normalized spacial score (nSPS) is 28.6. The number of carboxylic acid groups (broad SMARTS) is 1. The van der Waals surface area contributed by atoms with E-state index >= 15 is 0 Å². The van der Waals surface area contributed by atoms with Gasteiger partial charge >= 0.3 is 12.1 Å². The van der Waals surface area contributed by atoms with Crippen molar-refractivity contribution >= 4 is 29.7 Å². The molecule has 2 unspecified atom stereocenters. The molecule has 10 nitrogen and oxygen atoms in total. The molecule has 3 saturated carbocycles. The van der Waals surface area contributed by atoms with Gasteiger partial charge in [0.2, 0.25) is 17.7 Å². The molecule has 3 N–H and O–H groups in total. The second-order valence-electron chi connectivity index (χ2n) is 13.6. The highest BCUT2D eigenvalue weighted by atomic mass is 19.3. The molecule has 0 bridgehead atoms. The Morgan fingerprint density at radius 1 is 1.02 bits per heavy atom. The van der Waals surface area contributed by atoms with Crippen molar-refractivity contribution in [2.24, 2.45) is 29.1 Å². The number of alkyl carbamates (subject to hydrolysis) is 1. The van der Waals surface area contributed by atoms with Gasteiger partial charge in [-0.3, -0.25) is 14.4 Å². The number of ketones is 1. The lowest BCUT2D eigenvalue weighted by atomic mass is 9.81. The maximum atomic E-state index is 14.0. The Bertz CT molecular complexity index is 1060. The number of piperidine rings is 1. The number of carbonyl (C=O) groups is 5. The number of halogens is 2. The van der Waals surface area contributed by atoms with E-state index in [1.807, 2.05) is 13.8 Å². The Hall–Kier alpha value is -2.79. The molecule has 4 rings (SSSR count). The molecule has 0 aromatic rings. The number of Topliss-reactive ketones (excluding diaryl/α,β-unsaturated/α-hetero) is 1. The van der Waals surface area contributed by atoms with Crippen LogP contribution in [0.15, 0.2) is 0 Å². The largest absolute Gasteiger partial charge is 0.475 e. The van der Waals surface area contributed by atoms with Crippen LogP contribution in [0.5, 0.6) is 0 Å². The van der Waals surface area contributed by atoms with Gasteiger partial charge < -0.3 is 25.4 Å². The number of carbonyl (C=O) groups excluding carboxylic acids is 4. The second-order valence-corrected chi connectivity index (χ2v) is 13.6. The third kappa shape index (κ3) is 6.57. The summed E-state index contributed by atoms with van der Waals surface area (Å²) in [6, 6.07) is -3.36. The Labute approximate surface area is 232 Å². The maximum absolute atomic E-state index is 14.0. The van der Waals surface area contributed by atoms with Crippen LogP contribution in [-0.4, -0.2) is 75.9 Å². The summed E-state index contributed by atoms with van der Waals surface area (Å²) >= 11 is 0. The van der Waals surface area contributed by atoms with Gasteiger partial charge in [-0.25, -0.2) is 18.4 Å². The minimum Gasteiger partial charge on any atom is -0.475 e. The number of nitrogens with zero attached hydrogens (tertiary/aromatic N) is 1. The van der Waals surface area contributed by atoms with Crippen LogP contribution in [-0.2, 0) is 23.9 Å². The molecule has 0 aromatic carbocycles. The molecule has 224 valence electrons. The van der Waals surface area contributed by atoms with Crippen LogP contribution >= 0.6 is 0 Å². The summed E-state index contributed by atoms with van der Waals surface area (Å²) in [4.78, 5) is 65.6. The molecule has 3 aliphatic carbocycles. The first-order valence-electron chi connectivity index (χ1n) is 14.2. The van der Waals surface area contributed by atoms with Crippen molar-refractivity contribution in [3.05, 3.63) is 0 Å². The molecular weight excluding hydrogens is 528 g/mol. The summed E-state index contributed by atoms with van der Waals surface area (Å²) in [5.74, 6) is -7.41. The lowest BCUT2D eigenvalue weighted by Crippen LogP contribution is -2.60. The van der Waals surface area contributed by atoms with E-state index < -0.39 is 78.1 Å². The highest BCUT2D eigenvalue weighted by Crippen LogP contribution is 2.65. The molecule has 1 aliphatic heterocycles. The van der Waals surface area contributed by atoms with Crippen LogP contribution < -0.4 is 10.6 Å². The third-order valence-electron chi connectivity index (χ3n) is 9.04. The average molecular weight is 570 g/mol. The standard InChI is InChI=1S/C28H41F2N3O7/c1-26(2,3)40-25(39)32-19(15-8-10-28(29,30)11-9-15)23(36)33-13-16-18(27(16,4)5)20(33)22(35)31-17(12-14-6-7-14)21(34)24(37)38/h14-20H,6-13H2,1-5H3,(H,31,35)(H,32,39)(H,37,38)/t16?,17?,18-,19-,20-/m0/s1. The zero-order chi connectivity index (χ0) is 29.8. The smallest absolute Gasteiger partial charge is 0.408 e. The van der Waals surface area contributed by atoms with E-state index in [0.717, 1.165) is 12.8 Å². The molecule has 1 saturated heterocycles. The minimum atomic E-state index is -2.84. The van der Waals surface area contributed by atoms with Gasteiger partial charge in [-0.2, -0.15) is 0 Å². The number of amides is 3. The molecule has 0 radical (unpaired) electrons. The van der Waals surface area contributed by atoms with E-state index in [2.05, 4.69) is 10.6 Å². The number of likely N-dealkylation sites (tertiary alicyclic amines) is 1. The highest BCUT2D eigenvalue weighted by Gasteiger charge is 2.70. The zero-order valence-electron chi connectivity index (χ0n) is 23.8. The lowest BCUT2D eigenvalue weighted by Gasteiger charge is -2.38. The van der Waals surface area contributed by atoms with Gasteiger partial charge in [0, 0.05) is 19.4 Å². The monoisotopic (exact) mass is 569 g/mol. The molecular formula is C28H41F2N3O7. The van der Waals surface area contributed by atoms with Crippen molar-refractivity contribution in [3.8, 4) is 0 Å². The van der Waals surface area contributed by atoms with Crippen molar-refractivity contribution in [2.45, 2.75) is 109 Å². The van der Waals surface area contributed by atoms with E-state index in [-0.39, 0.29) is 49.0 Å². The molecule has 4 fully saturated rings. The predicted octanol–water partition coefficient (Wildman–Crippen LogP) is 3.13. The fraction of sp³-hybridized carbons (Fsp3) is 0.821. The van der Waals surface area contributed by atoms with E-state index in [4.69, 9.17) is 4.74 Å². The fourth-order valence-electron chi connectivity index (χ4n) is 6.53. The van der Waals surface area contributed by atoms with Crippen LogP contribution in [0.4, 0.5) is 13.6 Å². The van der Waals surface area contributed by atoms with Gasteiger partial charge in [0.25, 0.3) is 5.78 Å². The molecule has 12 heteroatoms. The number of hydrogen-bond acceptors (Lipinski definition) is 6. The summed E-state index contributed by atoms with van der Waals surface area (Å²) in [6.07, 6.45) is 0.253. The Morgan fingerprint density at radius 2 is 1.62 bits per heavy atom. The fourth-order valence-corrected chi connectivity index (χ4v) is 6.53. The number of ether oxygens (including phenoxy) is 1. The SMILES string of the molecule is CC(C)(C)OC(=O)N[C@H](C(=O)N1CC2[C@@H]([C@H]1C(=O)NC(CC1CC1)C(=O)C(=O)O)C2(C)C)C1CCC(F)(F)CC1. The molecule has 4 aliphatic rings. The van der Waals surface area contributed by atoms with Gasteiger partial charge in [-0.15, -0.1) is 0 Å². The number of fused-ring (bicyclic) bond motifs is 1. The van der Waals surface area contributed by atoms with Crippen molar-refractivity contribution < 1.29 is 42.6 Å². The summed E-state index contributed by atoms with van der Waals surface area (Å²) in [7, 11) is 0. The van der Waals surface area contributed by atoms with Crippen LogP contribution in [0.25, 0.3) is 0 Å². The van der Waals surface area contributed by atoms with Crippen LogP contribution in [0.2, 0.25) is 0 Å². The lowest BCUT2D eigenvalue weighted by molar-refractivity contribution is -0.151. The van der Waals surface area contributed by atoms with Gasteiger partial charge in [-0.05, 0) is 69.1 Å². The summed E-state index contributed by atoms with van der Waals surface area (Å²) in [5.41, 5.74) is -1.12. The Kier molecular flexibility index (Phi) is 7.96.